The number of nitrogens with zero attached hydrogens (tertiary/aromatic N) is 2. The molecule has 0 aliphatic heterocycles. The maximum atomic E-state index is 12.2. The molecule has 20 heavy (non-hydrogen) atoms. The van der Waals surface area contributed by atoms with Crippen molar-refractivity contribution in [3.05, 3.63) is 53.3 Å². The minimum Gasteiger partial charge on any atom is -0.495 e. The van der Waals surface area contributed by atoms with Crippen molar-refractivity contribution >= 4 is 11.6 Å². The average Bonchev–Trinajstić information content (AvgIpc) is 2.47. The third kappa shape index (κ3) is 2.59. The summed E-state index contributed by atoms with van der Waals surface area (Å²) in [4.78, 5) is 16.3. The fourth-order valence-electron chi connectivity index (χ4n) is 1.82. The predicted molar refractivity (Wildman–Crippen MR) is 74.6 cm³/mol. The van der Waals surface area contributed by atoms with Crippen molar-refractivity contribution in [2.45, 2.75) is 6.92 Å². The fraction of sp³-hybridized carbons (Fsp3) is 0.133. The molecular weight excluding hydrogens is 254 g/mol. The molecule has 1 amide bonds. The Morgan fingerprint density at radius 1 is 1.35 bits per heavy atom. The Balaban J connectivity index is 2.38. The standard InChI is InChI=1S/C15H13N3O2/c1-10-5-4-8-17-13(10)15(19)18-14-11(9-16)6-3-7-12(14)20-2/h3-8H,1-2H3,(H,18,19). The topological polar surface area (TPSA) is 75.0 Å². The molecule has 0 radical (unpaired) electrons. The van der Waals surface area contributed by atoms with Gasteiger partial charge in [-0.15, -0.1) is 0 Å². The summed E-state index contributed by atoms with van der Waals surface area (Å²) in [5.41, 5.74) is 1.78. The van der Waals surface area contributed by atoms with Gasteiger partial charge < -0.3 is 10.1 Å². The van der Waals surface area contributed by atoms with Crippen LogP contribution < -0.4 is 10.1 Å². The van der Waals surface area contributed by atoms with E-state index < -0.39 is 0 Å². The van der Waals surface area contributed by atoms with Crippen molar-refractivity contribution in [3.8, 4) is 11.8 Å². The van der Waals surface area contributed by atoms with E-state index in [-0.39, 0.29) is 5.91 Å². The summed E-state index contributed by atoms with van der Waals surface area (Å²) in [7, 11) is 1.48. The highest BCUT2D eigenvalue weighted by molar-refractivity contribution is 6.05. The zero-order valence-corrected chi connectivity index (χ0v) is 11.2. The second kappa shape index (κ2) is 5.85. The number of rotatable bonds is 3. The highest BCUT2D eigenvalue weighted by Gasteiger charge is 2.15. The van der Waals surface area contributed by atoms with Gasteiger partial charge >= 0.3 is 0 Å². The Morgan fingerprint density at radius 2 is 2.15 bits per heavy atom. The number of benzene rings is 1. The molecule has 5 heteroatoms. The Kier molecular flexibility index (Phi) is 3.96. The molecule has 0 aliphatic carbocycles. The van der Waals surface area contributed by atoms with E-state index in [1.165, 1.54) is 7.11 Å². The average molecular weight is 267 g/mol. The van der Waals surface area contributed by atoms with Crippen molar-refractivity contribution in [2.24, 2.45) is 0 Å². The van der Waals surface area contributed by atoms with E-state index in [1.54, 1.807) is 43.5 Å². The third-order valence-electron chi connectivity index (χ3n) is 2.83. The summed E-state index contributed by atoms with van der Waals surface area (Å²) < 4.78 is 5.17. The van der Waals surface area contributed by atoms with Crippen LogP contribution in [0.4, 0.5) is 5.69 Å². The number of hydrogen-bond donors (Lipinski definition) is 1. The van der Waals surface area contributed by atoms with Crippen molar-refractivity contribution < 1.29 is 9.53 Å². The molecule has 2 rings (SSSR count). The second-order valence-electron chi connectivity index (χ2n) is 4.12. The molecule has 0 saturated carbocycles. The number of anilines is 1. The SMILES string of the molecule is COc1cccc(C#N)c1NC(=O)c1ncccc1C. The van der Waals surface area contributed by atoms with Crippen LogP contribution in [-0.2, 0) is 0 Å². The number of aromatic nitrogens is 1. The van der Waals surface area contributed by atoms with Crippen LogP contribution in [0, 0.1) is 18.3 Å². The number of amides is 1. The first-order valence-electron chi connectivity index (χ1n) is 5.97. The molecule has 1 aromatic carbocycles. The molecule has 100 valence electrons. The molecule has 1 N–H and O–H groups in total. The molecule has 0 spiro atoms. The number of carbonyl (C=O) groups is 1. The van der Waals surface area contributed by atoms with Crippen LogP contribution in [0.1, 0.15) is 21.6 Å². The first-order chi connectivity index (χ1) is 9.67. The number of nitrogens with one attached hydrogen (secondary N) is 1. The Morgan fingerprint density at radius 3 is 2.80 bits per heavy atom. The van der Waals surface area contributed by atoms with Gasteiger partial charge in [0.25, 0.3) is 5.91 Å². The van der Waals surface area contributed by atoms with Crippen molar-refractivity contribution in [3.63, 3.8) is 0 Å². The van der Waals surface area contributed by atoms with E-state index in [0.717, 1.165) is 5.56 Å². The zero-order valence-electron chi connectivity index (χ0n) is 11.2. The number of ether oxygens (including phenoxy) is 1. The smallest absolute Gasteiger partial charge is 0.274 e. The normalized spacial score (nSPS) is 9.65. The van der Waals surface area contributed by atoms with Crippen LogP contribution in [0.5, 0.6) is 5.75 Å². The largest absolute Gasteiger partial charge is 0.495 e. The second-order valence-corrected chi connectivity index (χ2v) is 4.12. The number of hydrogen-bond acceptors (Lipinski definition) is 4. The molecule has 1 heterocycles. The highest BCUT2D eigenvalue weighted by Crippen LogP contribution is 2.28. The van der Waals surface area contributed by atoms with Crippen molar-refractivity contribution in [1.29, 1.82) is 5.26 Å². The maximum Gasteiger partial charge on any atom is 0.274 e. The minimum atomic E-state index is -0.371. The van der Waals surface area contributed by atoms with Crippen molar-refractivity contribution in [1.82, 2.24) is 4.98 Å². The summed E-state index contributed by atoms with van der Waals surface area (Å²) in [6.45, 7) is 1.80. The third-order valence-corrected chi connectivity index (χ3v) is 2.83. The summed E-state index contributed by atoms with van der Waals surface area (Å²) in [6, 6.07) is 10.6. The summed E-state index contributed by atoms with van der Waals surface area (Å²) >= 11 is 0. The molecule has 0 fully saturated rings. The molecule has 5 nitrogen and oxygen atoms in total. The van der Waals surface area contributed by atoms with Gasteiger partial charge in [-0.05, 0) is 30.7 Å². The van der Waals surface area contributed by atoms with Crippen LogP contribution in [0.3, 0.4) is 0 Å². The van der Waals surface area contributed by atoms with E-state index in [9.17, 15) is 4.79 Å². The van der Waals surface area contributed by atoms with Gasteiger partial charge in [0.05, 0.1) is 12.7 Å². The lowest BCUT2D eigenvalue weighted by atomic mass is 10.1. The summed E-state index contributed by atoms with van der Waals surface area (Å²) in [6.07, 6.45) is 1.55. The molecule has 0 aliphatic rings. The van der Waals surface area contributed by atoms with Gasteiger partial charge in [0.1, 0.15) is 23.2 Å². The van der Waals surface area contributed by atoms with E-state index in [0.29, 0.717) is 22.7 Å². The van der Waals surface area contributed by atoms with Crippen LogP contribution in [0.15, 0.2) is 36.5 Å². The predicted octanol–water partition coefficient (Wildman–Crippen LogP) is 2.52. The monoisotopic (exact) mass is 267 g/mol. The molecule has 0 unspecified atom stereocenters. The molecule has 0 atom stereocenters. The molecular formula is C15H13N3O2. The van der Waals surface area contributed by atoms with Gasteiger partial charge in [-0.1, -0.05) is 12.1 Å². The lowest BCUT2D eigenvalue weighted by Crippen LogP contribution is -2.16. The zero-order chi connectivity index (χ0) is 14.5. The first-order valence-corrected chi connectivity index (χ1v) is 5.97. The lowest BCUT2D eigenvalue weighted by molar-refractivity contribution is 0.102. The van der Waals surface area contributed by atoms with E-state index in [2.05, 4.69) is 10.3 Å². The Hall–Kier alpha value is -2.87. The summed E-state index contributed by atoms with van der Waals surface area (Å²) in [5.74, 6) is 0.0649. The lowest BCUT2D eigenvalue weighted by Gasteiger charge is -2.12. The Bertz CT molecular complexity index is 690. The number of carbonyl (C=O) groups excluding carboxylic acids is 1. The molecule has 1 aromatic heterocycles. The number of nitriles is 1. The van der Waals surface area contributed by atoms with Gasteiger partial charge in [0, 0.05) is 6.20 Å². The maximum absolute atomic E-state index is 12.2. The highest BCUT2D eigenvalue weighted by atomic mass is 16.5. The van der Waals surface area contributed by atoms with Crippen molar-refractivity contribution in [2.75, 3.05) is 12.4 Å². The fourth-order valence-corrected chi connectivity index (χ4v) is 1.82. The minimum absolute atomic E-state index is 0.322. The van der Waals surface area contributed by atoms with Crippen LogP contribution in [-0.4, -0.2) is 18.0 Å². The molecule has 0 saturated heterocycles. The van der Waals surface area contributed by atoms with Gasteiger partial charge in [-0.3, -0.25) is 9.78 Å². The summed E-state index contributed by atoms with van der Waals surface area (Å²) in [5, 5.41) is 11.8. The van der Waals surface area contributed by atoms with Crippen LogP contribution in [0.25, 0.3) is 0 Å². The first kappa shape index (κ1) is 13.6. The number of para-hydroxylation sites is 1. The number of methoxy groups -OCH3 is 1. The van der Waals surface area contributed by atoms with E-state index in [1.807, 2.05) is 6.07 Å². The van der Waals surface area contributed by atoms with E-state index >= 15 is 0 Å². The molecule has 0 bridgehead atoms. The van der Waals surface area contributed by atoms with Gasteiger partial charge in [-0.2, -0.15) is 5.26 Å². The quantitative estimate of drug-likeness (QED) is 0.927. The van der Waals surface area contributed by atoms with E-state index in [4.69, 9.17) is 10.00 Å². The molecule has 2 aromatic rings. The van der Waals surface area contributed by atoms with Gasteiger partial charge in [-0.25, -0.2) is 0 Å². The van der Waals surface area contributed by atoms with Gasteiger partial charge in [0.15, 0.2) is 0 Å². The number of pyridine rings is 1. The Labute approximate surface area is 116 Å². The van der Waals surface area contributed by atoms with Crippen LogP contribution in [0.2, 0.25) is 0 Å². The number of aryl methyl sites for hydroxylation is 1. The van der Waals surface area contributed by atoms with Crippen LogP contribution >= 0.6 is 0 Å². The van der Waals surface area contributed by atoms with Gasteiger partial charge in [0.2, 0.25) is 0 Å².